The van der Waals surface area contributed by atoms with E-state index in [0.29, 0.717) is 45.7 Å². The van der Waals surface area contributed by atoms with Crippen molar-refractivity contribution in [2.75, 3.05) is 8.86 Å². The Morgan fingerprint density at radius 3 is 1.28 bits per heavy atom. The predicted octanol–water partition coefficient (Wildman–Crippen LogP) is 21.0. The number of halogens is 2. The number of hydrogen-bond donors (Lipinski definition) is 0. The number of ether oxygens (including phenoxy) is 1. The third-order valence-electron chi connectivity index (χ3n) is 24.3. The molecule has 0 aromatic heterocycles. The Kier molecular flexibility index (Phi) is 19.9. The van der Waals surface area contributed by atoms with Crippen molar-refractivity contribution in [1.29, 1.82) is 0 Å². The van der Waals surface area contributed by atoms with Crippen molar-refractivity contribution in [3.8, 4) is 0 Å². The van der Waals surface area contributed by atoms with Gasteiger partial charge >= 0.3 is 0 Å². The summed E-state index contributed by atoms with van der Waals surface area (Å²) in [5, 5.41) is 0. The minimum absolute atomic E-state index is 0.424. The van der Waals surface area contributed by atoms with Crippen LogP contribution in [-0.4, -0.2) is 21.1 Å². The molecule has 18 atom stereocenters. The van der Waals surface area contributed by atoms with Crippen molar-refractivity contribution in [2.45, 2.75) is 274 Å². The molecule has 0 radical (unpaired) electrons. The Morgan fingerprint density at radius 1 is 0.464 bits per heavy atom. The second kappa shape index (κ2) is 24.5. The lowest BCUT2D eigenvalue weighted by Gasteiger charge is -2.59. The molecule has 69 heavy (non-hydrogen) atoms. The van der Waals surface area contributed by atoms with E-state index in [4.69, 9.17) is 4.74 Å². The van der Waals surface area contributed by atoms with Crippen LogP contribution in [0.5, 0.6) is 0 Å². The minimum atomic E-state index is 0.424. The van der Waals surface area contributed by atoms with Crippen LogP contribution < -0.4 is 0 Å². The third kappa shape index (κ3) is 11.9. The lowest BCUT2D eigenvalue weighted by molar-refractivity contribution is -0.104. The fraction of sp³-hybridized carbons (Fsp3) is 0.939. The van der Waals surface area contributed by atoms with Crippen LogP contribution in [0.15, 0.2) is 23.3 Å². The van der Waals surface area contributed by atoms with Crippen LogP contribution in [0.3, 0.4) is 0 Å². The summed E-state index contributed by atoms with van der Waals surface area (Å²) in [6, 6.07) is 0. The standard InChI is InChI=1S/C66H112I2O/c1-45(2)19-17-21-47(5)55-29-31-57-53-27-25-51-43-49(33-37-63(51,7)59(53)35-39-65(55,57)9)61(23-13-11-15-41-67)69-62(24-14-12-16-42-68)50-34-38-64(8)52(44-50)26-28-54-58-32-30-56(48(6)22-18-20-46(3)4)66(58,10)40-36-60(54)64/h25-26,45-50,53-62H,11-24,27-44H2,1-10H3/t47-,48-,49+,50+,53+,54+,55-,56-,57+,58+,59+,60+,61?,62?,63+,64+,65-,66-/m1/s1. The topological polar surface area (TPSA) is 9.23 Å². The molecule has 0 amide bonds. The summed E-state index contributed by atoms with van der Waals surface area (Å²) in [5.41, 5.74) is 5.80. The molecule has 0 aromatic rings. The van der Waals surface area contributed by atoms with Crippen molar-refractivity contribution in [1.82, 2.24) is 0 Å². The molecule has 0 heterocycles. The molecule has 0 spiro atoms. The molecule has 8 rings (SSSR count). The van der Waals surface area contributed by atoms with Gasteiger partial charge in [0.15, 0.2) is 0 Å². The predicted molar refractivity (Wildman–Crippen MR) is 316 cm³/mol. The summed E-state index contributed by atoms with van der Waals surface area (Å²) in [6.07, 6.45) is 49.3. The molecule has 0 saturated heterocycles. The Morgan fingerprint density at radius 2 is 0.884 bits per heavy atom. The molecule has 6 saturated carbocycles. The van der Waals surface area contributed by atoms with Gasteiger partial charge in [-0.15, -0.1) is 0 Å². The molecular weight excluding hydrogens is 1060 g/mol. The van der Waals surface area contributed by atoms with Crippen LogP contribution >= 0.6 is 45.2 Å². The zero-order valence-corrected chi connectivity index (χ0v) is 51.5. The van der Waals surface area contributed by atoms with E-state index in [1.54, 1.807) is 0 Å². The maximum absolute atomic E-state index is 7.96. The Balaban J connectivity index is 0.953. The lowest BCUT2D eigenvalue weighted by atomic mass is 9.46. The van der Waals surface area contributed by atoms with E-state index in [1.807, 2.05) is 11.1 Å². The van der Waals surface area contributed by atoms with Gasteiger partial charge < -0.3 is 4.74 Å². The summed E-state index contributed by atoms with van der Waals surface area (Å²) in [5.74, 6) is 12.4. The normalized spacial score (nSPS) is 41.2. The van der Waals surface area contributed by atoms with E-state index >= 15 is 0 Å². The van der Waals surface area contributed by atoms with Crippen LogP contribution in [0.1, 0.15) is 262 Å². The highest BCUT2D eigenvalue weighted by Gasteiger charge is 2.61. The van der Waals surface area contributed by atoms with Crippen LogP contribution in [0.4, 0.5) is 0 Å². The van der Waals surface area contributed by atoms with Crippen LogP contribution in [0, 0.1) is 105 Å². The van der Waals surface area contributed by atoms with Gasteiger partial charge in [-0.2, -0.15) is 0 Å². The number of hydrogen-bond acceptors (Lipinski definition) is 1. The first kappa shape index (κ1) is 56.1. The van der Waals surface area contributed by atoms with Crippen molar-refractivity contribution in [2.24, 2.45) is 105 Å². The quantitative estimate of drug-likeness (QED) is 0.0405. The Hall–Kier alpha value is 0.900. The zero-order chi connectivity index (χ0) is 49.1. The molecule has 0 aliphatic heterocycles. The molecule has 396 valence electrons. The summed E-state index contributed by atoms with van der Waals surface area (Å²) in [7, 11) is 0. The number of rotatable bonds is 24. The minimum Gasteiger partial charge on any atom is -0.374 e. The van der Waals surface area contributed by atoms with Crippen LogP contribution in [0.25, 0.3) is 0 Å². The van der Waals surface area contributed by atoms with Crippen LogP contribution in [0.2, 0.25) is 0 Å². The average molecular weight is 1180 g/mol. The van der Waals surface area contributed by atoms with Gasteiger partial charge in [-0.3, -0.25) is 0 Å². The molecule has 8 aliphatic carbocycles. The highest BCUT2D eigenvalue weighted by molar-refractivity contribution is 14.1. The average Bonchev–Trinajstić information content (AvgIpc) is 3.87. The molecule has 0 N–H and O–H groups in total. The fourth-order valence-electron chi connectivity index (χ4n) is 20.3. The SMILES string of the molecule is CC(C)CCC[C@@H](C)[C@H]1CC[C@H]2[C@@H]3CC=C4C[C@@H](C(CCCCCI)OC(CCCCCI)[C@H]5CC[C@@]6(C)C(=CC[C@H]7[C@@H]8CC[C@H]([C@H](C)CCCC(C)C)[C@@]8(C)CC[C@@H]76)C5)CC[C@]4(C)[C@H]3CC[C@]12C. The third-order valence-corrected chi connectivity index (χ3v) is 25.9. The first-order chi connectivity index (χ1) is 33.1. The number of allylic oxidation sites excluding steroid dienone is 4. The summed E-state index contributed by atoms with van der Waals surface area (Å²) in [4.78, 5) is 0. The van der Waals surface area contributed by atoms with E-state index in [2.05, 4.69) is 127 Å². The van der Waals surface area contributed by atoms with E-state index in [-0.39, 0.29) is 0 Å². The number of fused-ring (bicyclic) bond motifs is 10. The van der Waals surface area contributed by atoms with Crippen molar-refractivity contribution in [3.05, 3.63) is 23.3 Å². The molecular formula is C66H112I2O. The zero-order valence-electron chi connectivity index (χ0n) is 47.2. The van der Waals surface area contributed by atoms with Gasteiger partial charge in [-0.25, -0.2) is 0 Å². The van der Waals surface area contributed by atoms with Gasteiger partial charge in [0.2, 0.25) is 0 Å². The van der Waals surface area contributed by atoms with Gasteiger partial charge in [0.05, 0.1) is 12.2 Å². The maximum Gasteiger partial charge on any atom is 0.0610 e. The lowest BCUT2D eigenvalue weighted by Crippen LogP contribution is -2.51. The second-order valence-corrected chi connectivity index (χ2v) is 31.0. The van der Waals surface area contributed by atoms with E-state index in [1.165, 1.54) is 201 Å². The largest absolute Gasteiger partial charge is 0.374 e. The van der Waals surface area contributed by atoms with E-state index in [9.17, 15) is 0 Å². The van der Waals surface area contributed by atoms with Gasteiger partial charge in [-0.05, 0) is 242 Å². The van der Waals surface area contributed by atoms with Gasteiger partial charge in [0, 0.05) is 0 Å². The fourth-order valence-corrected chi connectivity index (χ4v) is 21.4. The van der Waals surface area contributed by atoms with Crippen molar-refractivity contribution < 1.29 is 4.74 Å². The van der Waals surface area contributed by atoms with E-state index in [0.717, 1.165) is 71.0 Å². The first-order valence-electron chi connectivity index (χ1n) is 31.2. The van der Waals surface area contributed by atoms with Gasteiger partial charge in [0.1, 0.15) is 0 Å². The smallest absolute Gasteiger partial charge is 0.0610 e. The molecule has 8 aliphatic rings. The first-order valence-corrected chi connectivity index (χ1v) is 34.3. The maximum atomic E-state index is 7.96. The molecule has 2 unspecified atom stereocenters. The second-order valence-electron chi connectivity index (χ2n) is 28.9. The summed E-state index contributed by atoms with van der Waals surface area (Å²) >= 11 is 5.23. The van der Waals surface area contributed by atoms with Gasteiger partial charge in [-0.1, -0.05) is 202 Å². The molecule has 3 heteroatoms. The van der Waals surface area contributed by atoms with Gasteiger partial charge in [0.25, 0.3) is 0 Å². The number of unbranched alkanes of at least 4 members (excludes halogenated alkanes) is 4. The van der Waals surface area contributed by atoms with Crippen LogP contribution in [-0.2, 0) is 4.74 Å². The monoisotopic (exact) mass is 1170 g/mol. The summed E-state index contributed by atoms with van der Waals surface area (Å²) in [6.45, 7) is 26.1. The molecule has 0 aromatic carbocycles. The molecule has 1 nitrogen and oxygen atoms in total. The Bertz CT molecular complexity index is 1560. The van der Waals surface area contributed by atoms with Crippen molar-refractivity contribution >= 4 is 45.2 Å². The highest BCUT2D eigenvalue weighted by Crippen LogP contribution is 2.70. The highest BCUT2D eigenvalue weighted by atomic mass is 127. The Labute approximate surface area is 457 Å². The molecule has 0 bridgehead atoms. The van der Waals surface area contributed by atoms with Crippen molar-refractivity contribution in [3.63, 3.8) is 0 Å². The number of alkyl halides is 2. The van der Waals surface area contributed by atoms with E-state index < -0.39 is 0 Å². The summed E-state index contributed by atoms with van der Waals surface area (Å²) < 4.78 is 10.6. The molecule has 6 fully saturated rings.